The minimum absolute atomic E-state index is 0.0219. The number of likely N-dealkylation sites (N-methyl/N-ethyl adjacent to an activating group) is 1. The molecule has 1 heterocycles. The van der Waals surface area contributed by atoms with E-state index in [-0.39, 0.29) is 31.1 Å². The van der Waals surface area contributed by atoms with Gasteiger partial charge < -0.3 is 19.8 Å². The second-order valence-electron chi connectivity index (χ2n) is 11.4. The zero-order valence-corrected chi connectivity index (χ0v) is 24.0. The number of aliphatic hydroxyl groups is 2. The fraction of sp³-hybridized carbons (Fsp3) is 0.387. The number of ether oxygens (including phenoxy) is 1. The average molecular weight is 570 g/mol. The minimum Gasteiger partial charge on any atom is -0.396 e. The van der Waals surface area contributed by atoms with Crippen LogP contribution in [-0.4, -0.2) is 59.8 Å². The van der Waals surface area contributed by atoms with Gasteiger partial charge >= 0.3 is 0 Å². The molecule has 1 aliphatic heterocycles. The fourth-order valence-electron chi connectivity index (χ4n) is 5.46. The topological polar surface area (TPSA) is 73.2 Å². The molecular formula is C31H34Cl2N2O4. The van der Waals surface area contributed by atoms with Crippen molar-refractivity contribution in [2.75, 3.05) is 33.9 Å². The van der Waals surface area contributed by atoms with Crippen LogP contribution >= 0.6 is 23.2 Å². The molecule has 0 radical (unpaired) electrons. The molecule has 0 aromatic heterocycles. The van der Waals surface area contributed by atoms with Gasteiger partial charge in [0.1, 0.15) is 0 Å². The average Bonchev–Trinajstić information content (AvgIpc) is 3.65. The summed E-state index contributed by atoms with van der Waals surface area (Å²) in [6.07, 6.45) is 1.73. The fourth-order valence-corrected chi connectivity index (χ4v) is 5.71. The van der Waals surface area contributed by atoms with Crippen molar-refractivity contribution in [2.45, 2.75) is 37.6 Å². The Labute approximate surface area is 239 Å². The van der Waals surface area contributed by atoms with Crippen molar-refractivity contribution in [1.29, 1.82) is 0 Å². The second-order valence-corrected chi connectivity index (χ2v) is 12.3. The van der Waals surface area contributed by atoms with Gasteiger partial charge in [0.2, 0.25) is 0 Å². The van der Waals surface area contributed by atoms with E-state index >= 15 is 0 Å². The Balaban J connectivity index is 1.68. The number of carbonyl (C=O) groups excluding carboxylic acids is 1. The number of hydrogen-bond donors (Lipinski definition) is 2. The largest absolute Gasteiger partial charge is 0.396 e. The lowest BCUT2D eigenvalue weighted by molar-refractivity contribution is -0.128. The zero-order chi connectivity index (χ0) is 28.0. The van der Waals surface area contributed by atoms with Crippen LogP contribution in [0.1, 0.15) is 52.4 Å². The van der Waals surface area contributed by atoms with Crippen LogP contribution in [0.5, 0.6) is 0 Å². The van der Waals surface area contributed by atoms with E-state index < -0.39 is 11.3 Å². The van der Waals surface area contributed by atoms with Crippen LogP contribution in [0.2, 0.25) is 10.0 Å². The minimum atomic E-state index is -1.26. The Hall–Kier alpha value is -2.45. The predicted molar refractivity (Wildman–Crippen MR) is 153 cm³/mol. The summed E-state index contributed by atoms with van der Waals surface area (Å²) in [6, 6.07) is 20.3. The lowest BCUT2D eigenvalue weighted by Crippen LogP contribution is -2.47. The van der Waals surface area contributed by atoms with Gasteiger partial charge in [0.25, 0.3) is 5.91 Å². The number of rotatable bonds is 10. The van der Waals surface area contributed by atoms with Crippen molar-refractivity contribution in [1.82, 2.24) is 9.80 Å². The summed E-state index contributed by atoms with van der Waals surface area (Å²) >= 11 is 12.4. The molecule has 1 aliphatic carbocycles. The Bertz CT molecular complexity index is 1350. The number of hydrogen-bond acceptors (Lipinski definition) is 5. The number of halogens is 2. The van der Waals surface area contributed by atoms with Gasteiger partial charge in [-0.05, 0) is 75.3 Å². The second kappa shape index (κ2) is 10.5. The van der Waals surface area contributed by atoms with Crippen molar-refractivity contribution in [3.63, 3.8) is 0 Å². The normalized spacial score (nSPS) is 21.2. The highest BCUT2D eigenvalue weighted by Crippen LogP contribution is 2.51. The van der Waals surface area contributed by atoms with Crippen molar-refractivity contribution in [3.05, 3.63) is 105 Å². The first-order valence-corrected chi connectivity index (χ1v) is 13.8. The monoisotopic (exact) mass is 568 g/mol. The molecule has 6 nitrogen and oxygen atoms in total. The third-order valence-electron chi connectivity index (χ3n) is 7.86. The third-order valence-corrected chi connectivity index (χ3v) is 8.36. The maximum absolute atomic E-state index is 14.3. The third kappa shape index (κ3) is 5.34. The number of aliphatic hydroxyl groups excluding tert-OH is 1. The van der Waals surface area contributed by atoms with E-state index in [0.717, 1.165) is 24.0 Å². The summed E-state index contributed by atoms with van der Waals surface area (Å²) in [6.45, 7) is 2.72. The Morgan fingerprint density at radius 1 is 1.00 bits per heavy atom. The molecule has 206 valence electrons. The summed E-state index contributed by atoms with van der Waals surface area (Å²) < 4.78 is 6.84. The van der Waals surface area contributed by atoms with E-state index in [2.05, 4.69) is 0 Å². The number of nitrogens with zero attached hydrogens (tertiary/aromatic N) is 2. The summed E-state index contributed by atoms with van der Waals surface area (Å²) in [5.41, 5.74) is 0.739. The number of amides is 1. The summed E-state index contributed by atoms with van der Waals surface area (Å²) in [5, 5.41) is 22.5. The van der Waals surface area contributed by atoms with Crippen molar-refractivity contribution >= 4 is 29.1 Å². The molecule has 3 aromatic carbocycles. The maximum atomic E-state index is 14.3. The molecule has 2 atom stereocenters. The van der Waals surface area contributed by atoms with E-state index in [9.17, 15) is 15.0 Å². The Kier molecular flexibility index (Phi) is 7.57. The van der Waals surface area contributed by atoms with E-state index in [4.69, 9.17) is 27.9 Å². The SMILES string of the molecule is CN(C)CC(C)(O)c1ccc2c(c1)C(=O)N(Cc1ccc(Cl)cc1)[C@@]2(OCC1(CO)CC1)c1ccc(Cl)cc1. The van der Waals surface area contributed by atoms with Crippen LogP contribution in [0.25, 0.3) is 0 Å². The van der Waals surface area contributed by atoms with Gasteiger partial charge in [-0.15, -0.1) is 0 Å². The standard InChI is InChI=1S/C31H34Cl2N2O4/c1-29(38,18-34(2)3)23-8-13-27-26(16-23)28(37)35(17-21-4-9-24(32)10-5-21)31(27,22-6-11-25(33)12-7-22)39-20-30(19-36)14-15-30/h4-13,16,36,38H,14-15,17-20H2,1-3H3/t29?,31-/m1/s1. The van der Waals surface area contributed by atoms with Gasteiger partial charge in [0, 0.05) is 45.2 Å². The Morgan fingerprint density at radius 2 is 1.62 bits per heavy atom. The number of carbonyl (C=O) groups is 1. The zero-order valence-electron chi connectivity index (χ0n) is 22.5. The van der Waals surface area contributed by atoms with Gasteiger partial charge in [0.05, 0.1) is 18.8 Å². The van der Waals surface area contributed by atoms with Gasteiger partial charge in [-0.3, -0.25) is 9.69 Å². The Morgan fingerprint density at radius 3 is 2.18 bits per heavy atom. The molecule has 0 spiro atoms. The molecule has 2 aliphatic rings. The van der Waals surface area contributed by atoms with Crippen LogP contribution < -0.4 is 0 Å². The molecule has 5 rings (SSSR count). The van der Waals surface area contributed by atoms with Crippen LogP contribution in [0, 0.1) is 5.41 Å². The van der Waals surface area contributed by atoms with E-state index in [1.165, 1.54) is 0 Å². The highest BCUT2D eigenvalue weighted by atomic mass is 35.5. The molecule has 3 aromatic rings. The molecule has 1 saturated carbocycles. The molecule has 1 fully saturated rings. The molecular weight excluding hydrogens is 535 g/mol. The van der Waals surface area contributed by atoms with Crippen LogP contribution in [-0.2, 0) is 22.6 Å². The number of benzene rings is 3. The van der Waals surface area contributed by atoms with Crippen molar-refractivity contribution < 1.29 is 19.7 Å². The summed E-state index contributed by atoms with van der Waals surface area (Å²) in [7, 11) is 3.80. The predicted octanol–water partition coefficient (Wildman–Crippen LogP) is 5.41. The lowest BCUT2D eigenvalue weighted by Gasteiger charge is -2.40. The molecule has 1 amide bonds. The van der Waals surface area contributed by atoms with Gasteiger partial charge in [-0.25, -0.2) is 0 Å². The molecule has 39 heavy (non-hydrogen) atoms. The molecule has 2 N–H and O–H groups in total. The van der Waals surface area contributed by atoms with Gasteiger partial charge in [0.15, 0.2) is 5.72 Å². The van der Waals surface area contributed by atoms with Crippen LogP contribution in [0.4, 0.5) is 0 Å². The van der Waals surface area contributed by atoms with Crippen molar-refractivity contribution in [3.8, 4) is 0 Å². The van der Waals surface area contributed by atoms with Gasteiger partial charge in [-0.2, -0.15) is 0 Å². The summed E-state index contributed by atoms with van der Waals surface area (Å²) in [5.74, 6) is -0.203. The molecule has 0 saturated heterocycles. The first-order chi connectivity index (χ1) is 18.5. The van der Waals surface area contributed by atoms with E-state index in [1.54, 1.807) is 42.2 Å². The van der Waals surface area contributed by atoms with Gasteiger partial charge in [-0.1, -0.05) is 59.6 Å². The van der Waals surface area contributed by atoms with Crippen molar-refractivity contribution in [2.24, 2.45) is 5.41 Å². The quantitative estimate of drug-likeness (QED) is 0.342. The molecule has 0 bridgehead atoms. The van der Waals surface area contributed by atoms with E-state index in [1.807, 2.05) is 55.4 Å². The lowest BCUT2D eigenvalue weighted by atomic mass is 9.88. The summed E-state index contributed by atoms with van der Waals surface area (Å²) in [4.78, 5) is 17.9. The highest BCUT2D eigenvalue weighted by Gasteiger charge is 2.55. The molecule has 8 heteroatoms. The maximum Gasteiger partial charge on any atom is 0.257 e. The number of fused-ring (bicyclic) bond motifs is 1. The first kappa shape index (κ1) is 28.1. The smallest absolute Gasteiger partial charge is 0.257 e. The van der Waals surface area contributed by atoms with Crippen LogP contribution in [0.3, 0.4) is 0 Å². The molecule has 1 unspecified atom stereocenters. The van der Waals surface area contributed by atoms with Crippen LogP contribution in [0.15, 0.2) is 66.7 Å². The van der Waals surface area contributed by atoms with E-state index in [0.29, 0.717) is 33.3 Å². The highest BCUT2D eigenvalue weighted by molar-refractivity contribution is 6.30. The first-order valence-electron chi connectivity index (χ1n) is 13.1.